The van der Waals surface area contributed by atoms with E-state index in [2.05, 4.69) is 17.4 Å². The highest BCUT2D eigenvalue weighted by molar-refractivity contribution is 5.94. The Morgan fingerprint density at radius 3 is 2.92 bits per heavy atom. The van der Waals surface area contributed by atoms with Crippen LogP contribution in [0.3, 0.4) is 0 Å². The first-order valence-electron chi connectivity index (χ1n) is 8.37. The monoisotopic (exact) mass is 325 g/mol. The van der Waals surface area contributed by atoms with E-state index in [1.165, 1.54) is 11.1 Å². The van der Waals surface area contributed by atoms with E-state index < -0.39 is 0 Å². The van der Waals surface area contributed by atoms with Gasteiger partial charge < -0.3 is 14.8 Å². The lowest BCUT2D eigenvalue weighted by atomic mass is 9.90. The van der Waals surface area contributed by atoms with Gasteiger partial charge in [-0.1, -0.05) is 24.3 Å². The van der Waals surface area contributed by atoms with Crippen molar-refractivity contribution in [3.8, 4) is 11.5 Å². The van der Waals surface area contributed by atoms with Crippen LogP contribution >= 0.6 is 0 Å². The van der Waals surface area contributed by atoms with E-state index in [0.717, 1.165) is 24.3 Å². The van der Waals surface area contributed by atoms with Crippen LogP contribution in [0.1, 0.15) is 28.4 Å². The maximum atomic E-state index is 12.0. The Kier molecular flexibility index (Phi) is 5.04. The Morgan fingerprint density at radius 1 is 1.29 bits per heavy atom. The second-order valence-electron chi connectivity index (χ2n) is 6.09. The minimum Gasteiger partial charge on any atom is -0.493 e. The fourth-order valence-corrected chi connectivity index (χ4v) is 3.18. The molecule has 0 saturated heterocycles. The molecule has 0 aromatic heterocycles. The van der Waals surface area contributed by atoms with Crippen LogP contribution in [-0.2, 0) is 12.8 Å². The highest BCUT2D eigenvalue weighted by atomic mass is 16.5. The van der Waals surface area contributed by atoms with Gasteiger partial charge in [0, 0.05) is 18.0 Å². The quantitative estimate of drug-likeness (QED) is 0.918. The summed E-state index contributed by atoms with van der Waals surface area (Å²) in [7, 11) is 1.66. The Morgan fingerprint density at radius 2 is 2.12 bits per heavy atom. The van der Waals surface area contributed by atoms with Crippen molar-refractivity contribution in [3.05, 3.63) is 59.2 Å². The molecule has 1 aliphatic rings. The van der Waals surface area contributed by atoms with Gasteiger partial charge in [0.25, 0.3) is 5.91 Å². The average molecular weight is 325 g/mol. The van der Waals surface area contributed by atoms with Gasteiger partial charge in [-0.05, 0) is 49.1 Å². The molecule has 0 unspecified atom stereocenters. The van der Waals surface area contributed by atoms with Gasteiger partial charge in [-0.2, -0.15) is 0 Å². The molecule has 1 amide bonds. The Bertz CT molecular complexity index is 727. The minimum absolute atomic E-state index is 0.0191. The van der Waals surface area contributed by atoms with Gasteiger partial charge in [0.15, 0.2) is 11.5 Å². The highest BCUT2D eigenvalue weighted by Crippen LogP contribution is 2.36. The number of hydrogen-bond acceptors (Lipinski definition) is 3. The molecule has 0 spiro atoms. The zero-order valence-corrected chi connectivity index (χ0v) is 14.2. The molecule has 0 radical (unpaired) electrons. The van der Waals surface area contributed by atoms with Gasteiger partial charge in [0.2, 0.25) is 0 Å². The summed E-state index contributed by atoms with van der Waals surface area (Å²) in [6, 6.07) is 13.9. The van der Waals surface area contributed by atoms with Gasteiger partial charge >= 0.3 is 0 Å². The first-order chi connectivity index (χ1) is 11.7. The molecule has 24 heavy (non-hydrogen) atoms. The molecule has 0 fully saturated rings. The van der Waals surface area contributed by atoms with Crippen molar-refractivity contribution < 1.29 is 14.3 Å². The Balaban J connectivity index is 1.71. The number of fused-ring (bicyclic) bond motifs is 1. The predicted octanol–water partition coefficient (Wildman–Crippen LogP) is 3.24. The lowest BCUT2D eigenvalue weighted by Crippen LogP contribution is -2.24. The van der Waals surface area contributed by atoms with Crippen LogP contribution in [-0.4, -0.2) is 26.2 Å². The van der Waals surface area contributed by atoms with Crippen LogP contribution in [0.15, 0.2) is 42.5 Å². The molecule has 1 aliphatic heterocycles. The molecule has 0 aliphatic carbocycles. The average Bonchev–Trinajstić information content (AvgIpc) is 2.61. The summed E-state index contributed by atoms with van der Waals surface area (Å²) in [5.41, 5.74) is 3.07. The number of carbonyl (C=O) groups is 1. The number of amides is 1. The molecule has 3 rings (SSSR count). The summed E-state index contributed by atoms with van der Waals surface area (Å²) in [5.74, 6) is 2.04. The van der Waals surface area contributed by atoms with Crippen LogP contribution in [0.25, 0.3) is 0 Å². The summed E-state index contributed by atoms with van der Waals surface area (Å²) in [6.07, 6.45) is 1.85. The molecule has 1 N–H and O–H groups in total. The summed E-state index contributed by atoms with van der Waals surface area (Å²) in [6.45, 7) is 3.23. The summed E-state index contributed by atoms with van der Waals surface area (Å²) >= 11 is 0. The fraction of sp³-hybridized carbons (Fsp3) is 0.350. The number of rotatable bonds is 5. The largest absolute Gasteiger partial charge is 0.493 e. The number of para-hydroxylation sites is 1. The predicted molar refractivity (Wildman–Crippen MR) is 93.8 cm³/mol. The van der Waals surface area contributed by atoms with Crippen molar-refractivity contribution in [1.29, 1.82) is 0 Å². The molecule has 1 atom stereocenters. The van der Waals surface area contributed by atoms with E-state index in [4.69, 9.17) is 9.47 Å². The number of methoxy groups -OCH3 is 1. The van der Waals surface area contributed by atoms with Crippen molar-refractivity contribution in [1.82, 2.24) is 5.32 Å². The number of carbonyl (C=O) groups excluding carboxylic acids is 1. The first kappa shape index (κ1) is 16.4. The smallest absolute Gasteiger partial charge is 0.251 e. The summed E-state index contributed by atoms with van der Waals surface area (Å²) in [5, 5.41) is 2.84. The number of nitrogens with one attached hydrogen (secondary N) is 1. The molecule has 4 heteroatoms. The second kappa shape index (κ2) is 7.39. The molecule has 2 aromatic carbocycles. The third kappa shape index (κ3) is 3.53. The molecule has 0 saturated carbocycles. The molecule has 1 heterocycles. The van der Waals surface area contributed by atoms with Crippen molar-refractivity contribution >= 4 is 5.91 Å². The van der Waals surface area contributed by atoms with Gasteiger partial charge in [-0.15, -0.1) is 0 Å². The third-order valence-corrected chi connectivity index (χ3v) is 4.30. The van der Waals surface area contributed by atoms with Crippen molar-refractivity contribution in [2.24, 2.45) is 5.92 Å². The molecule has 4 nitrogen and oxygen atoms in total. The van der Waals surface area contributed by atoms with Crippen molar-refractivity contribution in [2.45, 2.75) is 19.8 Å². The van der Waals surface area contributed by atoms with Gasteiger partial charge in [-0.25, -0.2) is 0 Å². The van der Waals surface area contributed by atoms with Crippen LogP contribution in [0.4, 0.5) is 0 Å². The van der Waals surface area contributed by atoms with Crippen LogP contribution < -0.4 is 14.8 Å². The van der Waals surface area contributed by atoms with E-state index in [0.29, 0.717) is 24.6 Å². The van der Waals surface area contributed by atoms with Crippen LogP contribution in [0, 0.1) is 5.92 Å². The van der Waals surface area contributed by atoms with Crippen molar-refractivity contribution in [2.75, 3.05) is 20.3 Å². The minimum atomic E-state index is -0.0191. The lowest BCUT2D eigenvalue weighted by molar-refractivity contribution is 0.0955. The van der Waals surface area contributed by atoms with Gasteiger partial charge in [0.1, 0.15) is 0 Å². The second-order valence-corrected chi connectivity index (χ2v) is 6.09. The van der Waals surface area contributed by atoms with Gasteiger partial charge in [-0.3, -0.25) is 4.79 Å². The van der Waals surface area contributed by atoms with Gasteiger partial charge in [0.05, 0.1) is 13.7 Å². The summed E-state index contributed by atoms with van der Waals surface area (Å²) < 4.78 is 11.3. The van der Waals surface area contributed by atoms with E-state index in [9.17, 15) is 4.79 Å². The number of benzene rings is 2. The van der Waals surface area contributed by atoms with Crippen molar-refractivity contribution in [3.63, 3.8) is 0 Å². The normalized spacial score (nSPS) is 16.0. The zero-order valence-electron chi connectivity index (χ0n) is 14.2. The fourth-order valence-electron chi connectivity index (χ4n) is 3.18. The molecule has 126 valence electrons. The van der Waals surface area contributed by atoms with E-state index in [1.54, 1.807) is 7.11 Å². The maximum absolute atomic E-state index is 12.0. The van der Waals surface area contributed by atoms with E-state index >= 15 is 0 Å². The number of hydrogen-bond donors (Lipinski definition) is 1. The molecular weight excluding hydrogens is 302 g/mol. The Labute approximate surface area is 142 Å². The SMILES string of the molecule is CCNC(=O)c1cccc(C[C@H]2COc3c(cccc3OC)C2)c1. The molecular formula is C20H23NO3. The molecule has 0 bridgehead atoms. The highest BCUT2D eigenvalue weighted by Gasteiger charge is 2.23. The lowest BCUT2D eigenvalue weighted by Gasteiger charge is -2.26. The molecule has 2 aromatic rings. The standard InChI is InChI=1S/C20H23NO3/c1-3-21-20(22)17-8-4-6-14(11-17)10-15-12-16-7-5-9-18(23-2)19(16)24-13-15/h4-9,11,15H,3,10,12-13H2,1-2H3,(H,21,22)/t15-/m1/s1. The number of ether oxygens (including phenoxy) is 2. The van der Waals surface area contributed by atoms with E-state index in [-0.39, 0.29) is 5.91 Å². The third-order valence-electron chi connectivity index (χ3n) is 4.30. The summed E-state index contributed by atoms with van der Waals surface area (Å²) in [4.78, 5) is 12.0. The van der Waals surface area contributed by atoms with E-state index in [1.807, 2.05) is 37.3 Å². The Hall–Kier alpha value is -2.49. The topological polar surface area (TPSA) is 47.6 Å². The maximum Gasteiger partial charge on any atom is 0.251 e. The van der Waals surface area contributed by atoms with Crippen LogP contribution in [0.5, 0.6) is 11.5 Å². The zero-order chi connectivity index (χ0) is 16.9. The first-order valence-corrected chi connectivity index (χ1v) is 8.37. The van der Waals surface area contributed by atoms with Crippen LogP contribution in [0.2, 0.25) is 0 Å².